The van der Waals surface area contributed by atoms with Crippen LogP contribution in [0, 0.1) is 11.7 Å². The van der Waals surface area contributed by atoms with E-state index in [9.17, 15) is 14.3 Å². The molecule has 3 rings (SSSR count). The Labute approximate surface area is 159 Å². The number of carbonyl (C=O) groups is 1. The van der Waals surface area contributed by atoms with E-state index in [1.165, 1.54) is 44.2 Å². The fraction of sp³-hybridized carbons (Fsp3) is 0.650. The zero-order valence-electron chi connectivity index (χ0n) is 15.1. The van der Waals surface area contributed by atoms with Crippen LogP contribution in [0.25, 0.3) is 0 Å². The number of hydrogen-bond donors (Lipinski definition) is 2. The van der Waals surface area contributed by atoms with Crippen LogP contribution in [-0.2, 0) is 11.3 Å². The van der Waals surface area contributed by atoms with Crippen molar-refractivity contribution in [3.05, 3.63) is 34.6 Å². The van der Waals surface area contributed by atoms with Crippen LogP contribution in [0.15, 0.2) is 18.2 Å². The second-order valence-electron chi connectivity index (χ2n) is 7.77. The van der Waals surface area contributed by atoms with Crippen molar-refractivity contribution in [2.45, 2.75) is 57.1 Å². The second-order valence-corrected chi connectivity index (χ2v) is 8.21. The number of piperidine rings is 1. The Hall–Kier alpha value is -1.17. The van der Waals surface area contributed by atoms with Gasteiger partial charge in [0, 0.05) is 31.2 Å². The first kappa shape index (κ1) is 19.6. The summed E-state index contributed by atoms with van der Waals surface area (Å²) in [7, 11) is 0. The van der Waals surface area contributed by atoms with E-state index in [-0.39, 0.29) is 18.3 Å². The van der Waals surface area contributed by atoms with Crippen molar-refractivity contribution in [2.24, 2.45) is 5.92 Å². The summed E-state index contributed by atoms with van der Waals surface area (Å²) in [6.45, 7) is 2.02. The Morgan fingerprint density at radius 3 is 2.73 bits per heavy atom. The van der Waals surface area contributed by atoms with Gasteiger partial charge in [0.2, 0.25) is 0 Å². The minimum atomic E-state index is -1.37. The van der Waals surface area contributed by atoms with Crippen LogP contribution in [0.4, 0.5) is 4.39 Å². The lowest BCUT2D eigenvalue weighted by atomic mass is 9.86. The maximum Gasteiger partial charge on any atom is 0.255 e. The van der Waals surface area contributed by atoms with Gasteiger partial charge in [-0.2, -0.15) is 0 Å². The third-order valence-electron chi connectivity index (χ3n) is 5.58. The number of aliphatic hydroxyl groups is 1. The third-order valence-corrected chi connectivity index (χ3v) is 5.79. The fourth-order valence-corrected chi connectivity index (χ4v) is 4.46. The van der Waals surface area contributed by atoms with Gasteiger partial charge in [-0.25, -0.2) is 4.39 Å². The Bertz CT molecular complexity index is 616. The minimum absolute atomic E-state index is 0.168. The summed E-state index contributed by atoms with van der Waals surface area (Å²) in [5.74, 6) is 0.0111. The van der Waals surface area contributed by atoms with Crippen molar-refractivity contribution in [1.29, 1.82) is 0 Å². The van der Waals surface area contributed by atoms with E-state index in [0.29, 0.717) is 29.5 Å². The van der Waals surface area contributed by atoms with Crippen LogP contribution < -0.4 is 5.32 Å². The predicted octanol–water partition coefficient (Wildman–Crippen LogP) is 3.50. The Balaban J connectivity index is 1.54. The molecule has 4 nitrogen and oxygen atoms in total. The number of nitrogens with zero attached hydrogens (tertiary/aromatic N) is 1. The van der Waals surface area contributed by atoms with Gasteiger partial charge in [0.1, 0.15) is 5.82 Å². The molecular formula is C20H28ClFN2O2. The average molecular weight is 383 g/mol. The molecule has 1 amide bonds. The van der Waals surface area contributed by atoms with Crippen LogP contribution in [0.1, 0.15) is 50.5 Å². The SMILES string of the molecule is O=C1N(CC2CCCCC2)CCC[C@]1(O)CNCc1cc(F)cc(Cl)c1. The van der Waals surface area contributed by atoms with E-state index in [2.05, 4.69) is 5.32 Å². The summed E-state index contributed by atoms with van der Waals surface area (Å²) in [6.07, 6.45) is 7.42. The molecule has 0 radical (unpaired) electrons. The molecule has 26 heavy (non-hydrogen) atoms. The first-order valence-corrected chi connectivity index (χ1v) is 10.0. The van der Waals surface area contributed by atoms with Crippen LogP contribution in [0.2, 0.25) is 5.02 Å². The van der Waals surface area contributed by atoms with Crippen LogP contribution in [0.3, 0.4) is 0 Å². The number of hydrogen-bond acceptors (Lipinski definition) is 3. The summed E-state index contributed by atoms with van der Waals surface area (Å²) >= 11 is 5.86. The largest absolute Gasteiger partial charge is 0.379 e. The van der Waals surface area contributed by atoms with Crippen molar-refractivity contribution >= 4 is 17.5 Å². The normalized spacial score (nSPS) is 24.9. The van der Waals surface area contributed by atoms with Gasteiger partial charge >= 0.3 is 0 Å². The summed E-state index contributed by atoms with van der Waals surface area (Å²) in [5.41, 5.74) is -0.676. The Kier molecular flexibility index (Phi) is 6.54. The van der Waals surface area contributed by atoms with Crippen LogP contribution in [0.5, 0.6) is 0 Å². The highest BCUT2D eigenvalue weighted by atomic mass is 35.5. The molecule has 1 saturated heterocycles. The number of likely N-dealkylation sites (tertiary alicyclic amines) is 1. The quantitative estimate of drug-likeness (QED) is 0.791. The molecule has 1 aliphatic carbocycles. The minimum Gasteiger partial charge on any atom is -0.379 e. The van der Waals surface area contributed by atoms with Gasteiger partial charge in [0.05, 0.1) is 0 Å². The summed E-state index contributed by atoms with van der Waals surface area (Å²) in [5, 5.41) is 14.3. The monoisotopic (exact) mass is 382 g/mol. The van der Waals surface area contributed by atoms with E-state index >= 15 is 0 Å². The van der Waals surface area contributed by atoms with Crippen LogP contribution >= 0.6 is 11.6 Å². The van der Waals surface area contributed by atoms with E-state index in [1.807, 2.05) is 4.90 Å². The number of benzene rings is 1. The summed E-state index contributed by atoms with van der Waals surface area (Å²) in [6, 6.07) is 4.34. The predicted molar refractivity (Wildman–Crippen MR) is 100 cm³/mol. The molecule has 144 valence electrons. The van der Waals surface area contributed by atoms with Gasteiger partial charge in [-0.15, -0.1) is 0 Å². The molecule has 2 aliphatic rings. The molecule has 6 heteroatoms. The second kappa shape index (κ2) is 8.68. The van der Waals surface area contributed by atoms with Gasteiger partial charge in [-0.3, -0.25) is 4.79 Å². The van der Waals surface area contributed by atoms with Gasteiger partial charge in [0.15, 0.2) is 5.60 Å². The van der Waals surface area contributed by atoms with Gasteiger partial charge < -0.3 is 15.3 Å². The first-order chi connectivity index (χ1) is 12.5. The highest BCUT2D eigenvalue weighted by Crippen LogP contribution is 2.28. The molecular weight excluding hydrogens is 355 g/mol. The molecule has 0 aromatic heterocycles. The highest BCUT2D eigenvalue weighted by molar-refractivity contribution is 6.30. The number of amides is 1. The summed E-state index contributed by atoms with van der Waals surface area (Å²) < 4.78 is 13.4. The molecule has 1 saturated carbocycles. The lowest BCUT2D eigenvalue weighted by Crippen LogP contribution is -2.58. The number of halogens is 2. The highest BCUT2D eigenvalue weighted by Gasteiger charge is 2.42. The molecule has 0 unspecified atom stereocenters. The molecule has 0 bridgehead atoms. The number of carbonyl (C=O) groups excluding carboxylic acids is 1. The molecule has 1 aliphatic heterocycles. The van der Waals surface area contributed by atoms with Crippen molar-refractivity contribution in [3.8, 4) is 0 Å². The van der Waals surface area contributed by atoms with Crippen molar-refractivity contribution in [1.82, 2.24) is 10.2 Å². The molecule has 1 aromatic carbocycles. The molecule has 2 fully saturated rings. The van der Waals surface area contributed by atoms with Crippen LogP contribution in [-0.4, -0.2) is 41.1 Å². The van der Waals surface area contributed by atoms with E-state index in [4.69, 9.17) is 11.6 Å². The van der Waals surface area contributed by atoms with Gasteiger partial charge in [-0.05, 0) is 55.4 Å². The maximum atomic E-state index is 13.4. The van der Waals surface area contributed by atoms with Gasteiger partial charge in [-0.1, -0.05) is 30.9 Å². The standard InChI is InChI=1S/C20H28ClFN2O2/c21-17-9-16(10-18(22)11-17)12-23-14-20(26)7-4-8-24(19(20)25)13-15-5-2-1-3-6-15/h9-11,15,23,26H,1-8,12-14H2/t20-/m0/s1. The van der Waals surface area contributed by atoms with E-state index in [0.717, 1.165) is 19.5 Å². The van der Waals surface area contributed by atoms with Crippen molar-refractivity contribution < 1.29 is 14.3 Å². The van der Waals surface area contributed by atoms with Crippen molar-refractivity contribution in [3.63, 3.8) is 0 Å². The zero-order chi connectivity index (χ0) is 18.6. The first-order valence-electron chi connectivity index (χ1n) is 9.64. The lowest BCUT2D eigenvalue weighted by Gasteiger charge is -2.40. The molecule has 2 N–H and O–H groups in total. The molecule has 1 atom stereocenters. The summed E-state index contributed by atoms with van der Waals surface area (Å²) in [4.78, 5) is 14.7. The number of nitrogens with one attached hydrogen (secondary N) is 1. The smallest absolute Gasteiger partial charge is 0.255 e. The van der Waals surface area contributed by atoms with Crippen molar-refractivity contribution in [2.75, 3.05) is 19.6 Å². The van der Waals surface area contributed by atoms with E-state index in [1.54, 1.807) is 6.07 Å². The molecule has 1 aromatic rings. The lowest BCUT2D eigenvalue weighted by molar-refractivity contribution is -0.157. The maximum absolute atomic E-state index is 13.4. The Morgan fingerprint density at radius 2 is 2.00 bits per heavy atom. The van der Waals surface area contributed by atoms with Gasteiger partial charge in [0.25, 0.3) is 5.91 Å². The zero-order valence-corrected chi connectivity index (χ0v) is 15.9. The average Bonchev–Trinajstić information content (AvgIpc) is 2.59. The topological polar surface area (TPSA) is 52.6 Å². The molecule has 0 spiro atoms. The Morgan fingerprint density at radius 1 is 1.23 bits per heavy atom. The fourth-order valence-electron chi connectivity index (χ4n) is 4.21. The number of rotatable bonds is 6. The van der Waals surface area contributed by atoms with E-state index < -0.39 is 5.60 Å². The third kappa shape index (κ3) is 4.96. The molecule has 1 heterocycles.